The molecule has 0 radical (unpaired) electrons. The van der Waals surface area contributed by atoms with E-state index in [1.54, 1.807) is 6.20 Å². The molecule has 6 heteroatoms. The van der Waals surface area contributed by atoms with Crippen LogP contribution in [-0.4, -0.2) is 39.7 Å². The van der Waals surface area contributed by atoms with E-state index < -0.39 is 0 Å². The fraction of sp³-hybridized carbons (Fsp3) is 0.500. The number of nitrogens with two attached hydrogens (primary N) is 1. The third kappa shape index (κ3) is 3.02. The zero-order valence-corrected chi connectivity index (χ0v) is 11.4. The molecule has 1 atom stereocenters. The van der Waals surface area contributed by atoms with Crippen molar-refractivity contribution in [3.8, 4) is 11.5 Å². The highest BCUT2D eigenvalue weighted by atomic mass is 16.5. The first kappa shape index (κ1) is 13.2. The Morgan fingerprint density at radius 3 is 3.15 bits per heavy atom. The molecule has 3 heterocycles. The Morgan fingerprint density at radius 2 is 2.35 bits per heavy atom. The van der Waals surface area contributed by atoms with Gasteiger partial charge in [0, 0.05) is 12.7 Å². The maximum Gasteiger partial charge on any atom is 0.241 e. The van der Waals surface area contributed by atoms with Crippen LogP contribution in [0.15, 0.2) is 28.9 Å². The molecule has 0 bridgehead atoms. The van der Waals surface area contributed by atoms with Gasteiger partial charge in [-0.05, 0) is 44.0 Å². The normalized spacial score (nSPS) is 20.1. The summed E-state index contributed by atoms with van der Waals surface area (Å²) in [6, 6.07) is 5.65. The SMILES string of the molecule is NCC1CCCN(Cc2nc(-c3ccccn3)no2)C1. The van der Waals surface area contributed by atoms with Crippen LogP contribution in [0.1, 0.15) is 18.7 Å². The van der Waals surface area contributed by atoms with Crippen LogP contribution < -0.4 is 5.73 Å². The van der Waals surface area contributed by atoms with Crippen molar-refractivity contribution in [3.05, 3.63) is 30.3 Å². The number of hydrogen-bond acceptors (Lipinski definition) is 6. The largest absolute Gasteiger partial charge is 0.337 e. The molecule has 1 aliphatic heterocycles. The molecule has 3 rings (SSSR count). The second kappa shape index (κ2) is 6.11. The van der Waals surface area contributed by atoms with Crippen LogP contribution in [0.5, 0.6) is 0 Å². The van der Waals surface area contributed by atoms with Crippen molar-refractivity contribution in [2.24, 2.45) is 11.7 Å². The van der Waals surface area contributed by atoms with Crippen LogP contribution >= 0.6 is 0 Å². The number of nitrogens with zero attached hydrogens (tertiary/aromatic N) is 4. The van der Waals surface area contributed by atoms with E-state index in [2.05, 4.69) is 20.0 Å². The first-order valence-corrected chi connectivity index (χ1v) is 7.01. The number of pyridine rings is 1. The van der Waals surface area contributed by atoms with Gasteiger partial charge in [-0.15, -0.1) is 0 Å². The standard InChI is InChI=1S/C14H19N5O/c15-8-11-4-3-7-19(9-11)10-13-17-14(18-20-13)12-5-1-2-6-16-12/h1-2,5-6,11H,3-4,7-10,15H2. The highest BCUT2D eigenvalue weighted by Gasteiger charge is 2.21. The molecule has 0 aliphatic carbocycles. The zero-order valence-electron chi connectivity index (χ0n) is 11.4. The van der Waals surface area contributed by atoms with Crippen LogP contribution in [0.4, 0.5) is 0 Å². The third-order valence-electron chi connectivity index (χ3n) is 3.66. The van der Waals surface area contributed by atoms with E-state index in [-0.39, 0.29) is 0 Å². The Morgan fingerprint density at radius 1 is 1.40 bits per heavy atom. The van der Waals surface area contributed by atoms with Crippen molar-refractivity contribution < 1.29 is 4.52 Å². The number of aromatic nitrogens is 3. The van der Waals surface area contributed by atoms with Crippen molar-refractivity contribution in [2.45, 2.75) is 19.4 Å². The molecule has 20 heavy (non-hydrogen) atoms. The van der Waals surface area contributed by atoms with E-state index in [4.69, 9.17) is 10.3 Å². The Hall–Kier alpha value is -1.79. The maximum absolute atomic E-state index is 5.75. The molecule has 0 spiro atoms. The Bertz CT molecular complexity index is 542. The molecule has 1 aliphatic rings. The lowest BCUT2D eigenvalue weighted by molar-refractivity contribution is 0.153. The predicted molar refractivity (Wildman–Crippen MR) is 74.6 cm³/mol. The van der Waals surface area contributed by atoms with Gasteiger partial charge in [0.05, 0.1) is 6.54 Å². The fourth-order valence-corrected chi connectivity index (χ4v) is 2.60. The van der Waals surface area contributed by atoms with Crippen LogP contribution in [0.3, 0.4) is 0 Å². The van der Waals surface area contributed by atoms with E-state index in [0.29, 0.717) is 24.2 Å². The summed E-state index contributed by atoms with van der Waals surface area (Å²) in [5.41, 5.74) is 6.49. The van der Waals surface area contributed by atoms with Crippen LogP contribution in [0.25, 0.3) is 11.5 Å². The fourth-order valence-electron chi connectivity index (χ4n) is 2.60. The quantitative estimate of drug-likeness (QED) is 0.904. The lowest BCUT2D eigenvalue weighted by Crippen LogP contribution is -2.37. The third-order valence-corrected chi connectivity index (χ3v) is 3.66. The number of rotatable bonds is 4. The summed E-state index contributed by atoms with van der Waals surface area (Å²) in [5.74, 6) is 1.78. The minimum absolute atomic E-state index is 0.549. The number of hydrogen-bond donors (Lipinski definition) is 1. The monoisotopic (exact) mass is 273 g/mol. The van der Waals surface area contributed by atoms with Gasteiger partial charge in [-0.25, -0.2) is 0 Å². The molecule has 1 saturated heterocycles. The molecule has 0 aromatic carbocycles. The molecular formula is C14H19N5O. The van der Waals surface area contributed by atoms with Gasteiger partial charge in [-0.3, -0.25) is 9.88 Å². The summed E-state index contributed by atoms with van der Waals surface area (Å²) in [4.78, 5) is 11.0. The molecule has 2 aromatic heterocycles. The van der Waals surface area contributed by atoms with E-state index >= 15 is 0 Å². The van der Waals surface area contributed by atoms with Gasteiger partial charge in [0.25, 0.3) is 0 Å². The summed E-state index contributed by atoms with van der Waals surface area (Å²) in [5, 5.41) is 3.99. The lowest BCUT2D eigenvalue weighted by Gasteiger charge is -2.30. The maximum atomic E-state index is 5.75. The summed E-state index contributed by atoms with van der Waals surface area (Å²) < 4.78 is 5.32. The predicted octanol–water partition coefficient (Wildman–Crippen LogP) is 1.30. The van der Waals surface area contributed by atoms with E-state index in [1.165, 1.54) is 12.8 Å². The van der Waals surface area contributed by atoms with Crippen molar-refractivity contribution in [1.29, 1.82) is 0 Å². The molecule has 1 fully saturated rings. The zero-order chi connectivity index (χ0) is 13.8. The Kier molecular flexibility index (Phi) is 4.03. The molecular weight excluding hydrogens is 254 g/mol. The minimum Gasteiger partial charge on any atom is -0.337 e. The smallest absolute Gasteiger partial charge is 0.241 e. The average Bonchev–Trinajstić information content (AvgIpc) is 2.97. The highest BCUT2D eigenvalue weighted by Crippen LogP contribution is 2.18. The van der Waals surface area contributed by atoms with Crippen molar-refractivity contribution in [1.82, 2.24) is 20.0 Å². The van der Waals surface area contributed by atoms with Gasteiger partial charge in [0.2, 0.25) is 11.7 Å². The average molecular weight is 273 g/mol. The van der Waals surface area contributed by atoms with Gasteiger partial charge >= 0.3 is 0 Å². The van der Waals surface area contributed by atoms with Crippen LogP contribution in [-0.2, 0) is 6.54 Å². The van der Waals surface area contributed by atoms with Gasteiger partial charge in [0.1, 0.15) is 5.69 Å². The minimum atomic E-state index is 0.549. The first-order chi connectivity index (χ1) is 9.85. The highest BCUT2D eigenvalue weighted by molar-refractivity contribution is 5.46. The van der Waals surface area contributed by atoms with Crippen LogP contribution in [0, 0.1) is 5.92 Å². The number of likely N-dealkylation sites (tertiary alicyclic amines) is 1. The lowest BCUT2D eigenvalue weighted by atomic mass is 9.98. The molecule has 2 aromatic rings. The van der Waals surface area contributed by atoms with E-state index in [1.807, 2.05) is 18.2 Å². The summed E-state index contributed by atoms with van der Waals surface area (Å²) in [6.07, 6.45) is 4.13. The van der Waals surface area contributed by atoms with Gasteiger partial charge < -0.3 is 10.3 Å². The molecule has 2 N–H and O–H groups in total. The number of piperidine rings is 1. The molecule has 0 saturated carbocycles. The van der Waals surface area contributed by atoms with E-state index in [9.17, 15) is 0 Å². The molecule has 6 nitrogen and oxygen atoms in total. The first-order valence-electron chi connectivity index (χ1n) is 7.01. The summed E-state index contributed by atoms with van der Waals surface area (Å²) >= 11 is 0. The second-order valence-corrected chi connectivity index (χ2v) is 5.21. The van der Waals surface area contributed by atoms with Crippen LogP contribution in [0.2, 0.25) is 0 Å². The Balaban J connectivity index is 1.65. The summed E-state index contributed by atoms with van der Waals surface area (Å²) in [7, 11) is 0. The Labute approximate surface area is 118 Å². The summed E-state index contributed by atoms with van der Waals surface area (Å²) in [6.45, 7) is 3.52. The van der Waals surface area contributed by atoms with Gasteiger partial charge in [-0.1, -0.05) is 11.2 Å². The molecule has 0 amide bonds. The van der Waals surface area contributed by atoms with Gasteiger partial charge in [-0.2, -0.15) is 4.98 Å². The molecule has 1 unspecified atom stereocenters. The van der Waals surface area contributed by atoms with Gasteiger partial charge in [0.15, 0.2) is 0 Å². The van der Waals surface area contributed by atoms with Crippen molar-refractivity contribution >= 4 is 0 Å². The topological polar surface area (TPSA) is 81.1 Å². The van der Waals surface area contributed by atoms with E-state index in [0.717, 1.165) is 25.3 Å². The molecule has 106 valence electrons. The van der Waals surface area contributed by atoms with Crippen molar-refractivity contribution in [3.63, 3.8) is 0 Å². The second-order valence-electron chi connectivity index (χ2n) is 5.21. The van der Waals surface area contributed by atoms with Crippen molar-refractivity contribution in [2.75, 3.05) is 19.6 Å².